The lowest BCUT2D eigenvalue weighted by atomic mass is 9.92. The van der Waals surface area contributed by atoms with E-state index in [-0.39, 0.29) is 70.0 Å². The van der Waals surface area contributed by atoms with Gasteiger partial charge in [0.05, 0.1) is 22.7 Å². The quantitative estimate of drug-likeness (QED) is 0.245. The van der Waals surface area contributed by atoms with E-state index in [0.717, 1.165) is 32.2 Å². The number of nitrogens with zero attached hydrogens (tertiary/aromatic N) is 7. The molecule has 0 bridgehead atoms. The SMILES string of the molecule is C=CC(=O)N1C(C)CN(c2nc(=O)n3c4c(c(-c5cccc6sc(N)c(C#N)c56)c(C(F)(F)F)cc24)SCC3CN2CCN(C3CC3)CC2)CC1C. The molecule has 52 heavy (non-hydrogen) atoms. The van der Waals surface area contributed by atoms with Crippen LogP contribution in [0.3, 0.4) is 0 Å². The van der Waals surface area contributed by atoms with E-state index in [1.54, 1.807) is 27.7 Å². The van der Waals surface area contributed by atoms with Gasteiger partial charge < -0.3 is 15.5 Å². The lowest BCUT2D eigenvalue weighted by molar-refractivity contribution is -0.137. The highest BCUT2D eigenvalue weighted by Crippen LogP contribution is 2.52. The number of carbonyl (C=O) groups is 1. The molecule has 5 heterocycles. The van der Waals surface area contributed by atoms with Crippen LogP contribution in [0.5, 0.6) is 0 Å². The van der Waals surface area contributed by atoms with Crippen molar-refractivity contribution in [2.75, 3.05) is 62.2 Å². The van der Waals surface area contributed by atoms with Crippen molar-refractivity contribution in [3.05, 3.63) is 58.5 Å². The number of amides is 1. The third-order valence-corrected chi connectivity index (χ3v) is 13.2. The number of halogens is 3. The number of aromatic nitrogens is 2. The maximum atomic E-state index is 15.5. The summed E-state index contributed by atoms with van der Waals surface area (Å²) in [5.74, 6) is 0.323. The summed E-state index contributed by atoms with van der Waals surface area (Å²) in [7, 11) is 0. The predicted octanol–water partition coefficient (Wildman–Crippen LogP) is 5.79. The van der Waals surface area contributed by atoms with Gasteiger partial charge in [0, 0.05) is 95.6 Å². The lowest BCUT2D eigenvalue weighted by Gasteiger charge is -2.45. The Morgan fingerprint density at radius 3 is 2.50 bits per heavy atom. The number of hydrogen-bond acceptors (Lipinski definition) is 10. The molecule has 3 unspecified atom stereocenters. The normalized spacial score (nSPS) is 23.0. The van der Waals surface area contributed by atoms with Gasteiger partial charge in [0.2, 0.25) is 5.91 Å². The number of anilines is 2. The van der Waals surface area contributed by atoms with E-state index >= 15 is 13.2 Å². The van der Waals surface area contributed by atoms with Crippen LogP contribution in [0.15, 0.2) is 46.6 Å². The minimum absolute atomic E-state index is 0.0603. The monoisotopic (exact) mass is 748 g/mol. The molecule has 3 atom stereocenters. The summed E-state index contributed by atoms with van der Waals surface area (Å²) in [6.45, 7) is 12.1. The molecule has 10 nitrogen and oxygen atoms in total. The number of rotatable bonds is 6. The second-order valence-electron chi connectivity index (χ2n) is 14.3. The van der Waals surface area contributed by atoms with Gasteiger partial charge in [-0.3, -0.25) is 19.2 Å². The number of benzene rings is 2. The Hall–Kier alpha value is -4.10. The summed E-state index contributed by atoms with van der Waals surface area (Å²) in [5, 5.41) is 10.9. The summed E-state index contributed by atoms with van der Waals surface area (Å²) in [6.07, 6.45) is -1.05. The van der Waals surface area contributed by atoms with Crippen molar-refractivity contribution >= 4 is 60.8 Å². The molecule has 0 spiro atoms. The van der Waals surface area contributed by atoms with Crippen LogP contribution in [-0.4, -0.2) is 99.8 Å². The Labute approximate surface area is 307 Å². The standard InChI is InChI=1S/C37H39F3N8O2S2/c1-4-29(49)47-20(2)16-46(17-21(47)3)35-25-14-27(37(38,39)40)31(24-6-5-7-28-30(24)26(15-41)34(42)52-28)33-32(25)48(36(50)43-35)23(19-51-33)18-44-10-12-45(13-11-44)22-8-9-22/h4-7,14,20-23H,1,8-13,16-19,42H2,2-3H3. The molecule has 2 saturated heterocycles. The van der Waals surface area contributed by atoms with Crippen molar-refractivity contribution in [1.82, 2.24) is 24.3 Å². The average molecular weight is 749 g/mol. The fourth-order valence-electron chi connectivity index (χ4n) is 8.53. The highest BCUT2D eigenvalue weighted by Gasteiger charge is 2.42. The van der Waals surface area contributed by atoms with Crippen LogP contribution in [0, 0.1) is 11.3 Å². The van der Waals surface area contributed by atoms with Gasteiger partial charge in [-0.1, -0.05) is 18.7 Å². The van der Waals surface area contributed by atoms with Crippen molar-refractivity contribution in [3.8, 4) is 17.2 Å². The van der Waals surface area contributed by atoms with Crippen LogP contribution in [-0.2, 0) is 11.0 Å². The number of thiophene rings is 1. The Bertz CT molecular complexity index is 2200. The summed E-state index contributed by atoms with van der Waals surface area (Å²) >= 11 is 2.49. The first kappa shape index (κ1) is 35.0. The number of thioether (sulfide) groups is 1. The van der Waals surface area contributed by atoms with Crippen molar-refractivity contribution in [2.45, 2.75) is 61.9 Å². The molecule has 2 aromatic carbocycles. The molecule has 8 rings (SSSR count). The van der Waals surface area contributed by atoms with Crippen molar-refractivity contribution in [2.24, 2.45) is 0 Å². The van der Waals surface area contributed by atoms with Crippen LogP contribution in [0.4, 0.5) is 24.0 Å². The van der Waals surface area contributed by atoms with Gasteiger partial charge in [0.15, 0.2) is 0 Å². The topological polar surface area (TPSA) is 115 Å². The van der Waals surface area contributed by atoms with Crippen molar-refractivity contribution < 1.29 is 18.0 Å². The zero-order chi connectivity index (χ0) is 36.6. The number of nitrogen functional groups attached to an aromatic ring is 1. The summed E-state index contributed by atoms with van der Waals surface area (Å²) in [5.41, 5.74) is 5.59. The van der Waals surface area contributed by atoms with Crippen LogP contribution < -0.4 is 16.3 Å². The van der Waals surface area contributed by atoms with Crippen LogP contribution >= 0.6 is 23.1 Å². The number of fused-ring (bicyclic) bond motifs is 1. The molecule has 1 saturated carbocycles. The molecular weight excluding hydrogens is 710 g/mol. The van der Waals surface area contributed by atoms with Crippen LogP contribution in [0.25, 0.3) is 32.1 Å². The maximum absolute atomic E-state index is 15.5. The van der Waals surface area contributed by atoms with E-state index in [2.05, 4.69) is 27.4 Å². The molecule has 272 valence electrons. The molecule has 1 amide bonds. The molecule has 3 fully saturated rings. The number of nitrogens with two attached hydrogens (primary N) is 1. The van der Waals surface area contributed by atoms with E-state index in [1.807, 2.05) is 18.7 Å². The van der Waals surface area contributed by atoms with E-state index in [9.17, 15) is 14.9 Å². The first-order valence-electron chi connectivity index (χ1n) is 17.6. The third-order valence-electron chi connectivity index (χ3n) is 10.9. The fourth-order valence-corrected chi connectivity index (χ4v) is 10.8. The molecule has 0 radical (unpaired) electrons. The zero-order valence-electron chi connectivity index (χ0n) is 28.9. The van der Waals surface area contributed by atoms with Gasteiger partial charge in [-0.05, 0) is 50.5 Å². The van der Waals surface area contributed by atoms with E-state index in [4.69, 9.17) is 5.73 Å². The predicted molar refractivity (Wildman–Crippen MR) is 200 cm³/mol. The Morgan fingerprint density at radius 1 is 1.15 bits per heavy atom. The summed E-state index contributed by atoms with van der Waals surface area (Å²) < 4.78 is 48.6. The van der Waals surface area contributed by atoms with Gasteiger partial charge >= 0.3 is 11.9 Å². The third kappa shape index (κ3) is 5.84. The van der Waals surface area contributed by atoms with Gasteiger partial charge in [-0.15, -0.1) is 23.1 Å². The first-order valence-corrected chi connectivity index (χ1v) is 19.4. The number of alkyl halides is 3. The Balaban J connectivity index is 1.34. The molecule has 1 aliphatic carbocycles. The smallest absolute Gasteiger partial charge is 0.389 e. The number of piperazine rings is 2. The van der Waals surface area contributed by atoms with Gasteiger partial charge in [0.1, 0.15) is 16.9 Å². The largest absolute Gasteiger partial charge is 0.417 e. The molecule has 15 heteroatoms. The van der Waals surface area contributed by atoms with E-state index in [1.165, 1.54) is 42.0 Å². The average Bonchev–Trinajstić information content (AvgIpc) is 3.90. The van der Waals surface area contributed by atoms with Crippen LogP contribution in [0.1, 0.15) is 43.9 Å². The molecular formula is C37H39F3N8O2S2. The Morgan fingerprint density at radius 2 is 1.87 bits per heavy atom. The lowest BCUT2D eigenvalue weighted by Crippen LogP contribution is -2.58. The maximum Gasteiger partial charge on any atom is 0.417 e. The molecule has 4 aliphatic rings. The second-order valence-corrected chi connectivity index (χ2v) is 16.4. The highest BCUT2D eigenvalue weighted by molar-refractivity contribution is 7.99. The van der Waals surface area contributed by atoms with Gasteiger partial charge in [0.25, 0.3) is 0 Å². The number of carbonyl (C=O) groups excluding carboxylic acids is 1. The zero-order valence-corrected chi connectivity index (χ0v) is 30.6. The first-order chi connectivity index (χ1) is 24.9. The second kappa shape index (κ2) is 13.1. The summed E-state index contributed by atoms with van der Waals surface area (Å²) in [4.78, 5) is 40.4. The minimum Gasteiger partial charge on any atom is -0.389 e. The fraction of sp³-hybridized carbons (Fsp3) is 0.459. The summed E-state index contributed by atoms with van der Waals surface area (Å²) in [6, 6.07) is 8.02. The number of nitriles is 1. The highest BCUT2D eigenvalue weighted by atomic mass is 32.2. The Kier molecular flexibility index (Phi) is 8.80. The van der Waals surface area contributed by atoms with Gasteiger partial charge in [-0.25, -0.2) is 4.79 Å². The van der Waals surface area contributed by atoms with Crippen LogP contribution in [0.2, 0.25) is 0 Å². The van der Waals surface area contributed by atoms with Crippen molar-refractivity contribution in [1.29, 1.82) is 5.26 Å². The molecule has 2 aromatic heterocycles. The van der Waals surface area contributed by atoms with E-state index < -0.39 is 17.4 Å². The van der Waals surface area contributed by atoms with Crippen molar-refractivity contribution in [3.63, 3.8) is 0 Å². The molecule has 4 aromatic rings. The number of hydrogen-bond donors (Lipinski definition) is 1. The molecule has 2 N–H and O–H groups in total. The molecule has 3 aliphatic heterocycles. The van der Waals surface area contributed by atoms with E-state index in [0.29, 0.717) is 38.8 Å². The van der Waals surface area contributed by atoms with Gasteiger partial charge in [-0.2, -0.15) is 23.4 Å². The minimum atomic E-state index is -4.79.